The van der Waals surface area contributed by atoms with Gasteiger partial charge in [0, 0.05) is 31.8 Å². The second kappa shape index (κ2) is 9.97. The maximum atomic E-state index is 13.3. The van der Waals surface area contributed by atoms with E-state index >= 15 is 0 Å². The van der Waals surface area contributed by atoms with Gasteiger partial charge >= 0.3 is 12.1 Å². The first-order valence-corrected chi connectivity index (χ1v) is 10.9. The predicted molar refractivity (Wildman–Crippen MR) is 112 cm³/mol. The zero-order valence-electron chi connectivity index (χ0n) is 19.8. The molecule has 0 aromatic rings. The summed E-state index contributed by atoms with van der Waals surface area (Å²) in [5.74, 6) is -4.36. The van der Waals surface area contributed by atoms with E-state index in [-0.39, 0.29) is 24.3 Å². The van der Waals surface area contributed by atoms with Gasteiger partial charge in [-0.1, -0.05) is 20.8 Å². The smallest absolute Gasteiger partial charge is 0.429 e. The first kappa shape index (κ1) is 25.8. The van der Waals surface area contributed by atoms with Gasteiger partial charge in [-0.25, -0.2) is 9.80 Å². The molecule has 10 nitrogen and oxygen atoms in total. The SMILES string of the molecule is CO[C@H]1C[C@H](C)C(=O)C(C)C(=O)OC[C@@]2(C)OC(=O)N(NC(C)=O)[C@@H]2[C@@H](C)C(=O)[C@@H](C)C1. The Balaban J connectivity index is 2.47. The zero-order chi connectivity index (χ0) is 24.4. The Bertz CT molecular complexity index is 784. The molecule has 180 valence electrons. The minimum absolute atomic E-state index is 0.160. The molecule has 1 N–H and O–H groups in total. The third-order valence-corrected chi connectivity index (χ3v) is 6.44. The van der Waals surface area contributed by atoms with Crippen LogP contribution in [0.1, 0.15) is 54.4 Å². The Morgan fingerprint density at radius 3 is 2.16 bits per heavy atom. The lowest BCUT2D eigenvalue weighted by atomic mass is 9.79. The number of cyclic esters (lactones) is 1. The van der Waals surface area contributed by atoms with Crippen LogP contribution in [0.4, 0.5) is 4.79 Å². The van der Waals surface area contributed by atoms with Crippen molar-refractivity contribution in [3.8, 4) is 0 Å². The number of nitrogens with one attached hydrogen (secondary N) is 1. The average molecular weight is 455 g/mol. The Labute approximate surface area is 188 Å². The molecule has 0 spiro atoms. The summed E-state index contributed by atoms with van der Waals surface area (Å²) in [6, 6.07) is -0.921. The predicted octanol–water partition coefficient (Wildman–Crippen LogP) is 1.65. The molecule has 2 heterocycles. The van der Waals surface area contributed by atoms with Crippen molar-refractivity contribution < 1.29 is 38.2 Å². The highest BCUT2D eigenvalue weighted by Gasteiger charge is 2.56. The minimum atomic E-state index is -1.41. The number of carbonyl (C=O) groups excluding carboxylic acids is 5. The number of nitrogens with zero attached hydrogens (tertiary/aromatic N) is 1. The fourth-order valence-corrected chi connectivity index (χ4v) is 4.64. The second-order valence-electron chi connectivity index (χ2n) is 9.22. The van der Waals surface area contributed by atoms with Crippen molar-refractivity contribution >= 4 is 29.5 Å². The number of amides is 2. The molecule has 10 heteroatoms. The van der Waals surface area contributed by atoms with Crippen LogP contribution < -0.4 is 5.43 Å². The van der Waals surface area contributed by atoms with Crippen LogP contribution in [0.25, 0.3) is 0 Å². The Hall–Kier alpha value is -2.49. The van der Waals surface area contributed by atoms with Gasteiger partial charge in [0.15, 0.2) is 5.60 Å². The lowest BCUT2D eigenvalue weighted by Gasteiger charge is -2.36. The Morgan fingerprint density at radius 2 is 1.62 bits per heavy atom. The van der Waals surface area contributed by atoms with E-state index < -0.39 is 53.3 Å². The number of methoxy groups -OCH3 is 1. The first-order valence-electron chi connectivity index (χ1n) is 10.9. The van der Waals surface area contributed by atoms with Crippen molar-refractivity contribution in [1.29, 1.82) is 0 Å². The van der Waals surface area contributed by atoms with Gasteiger partial charge in [-0.05, 0) is 26.7 Å². The summed E-state index contributed by atoms with van der Waals surface area (Å²) in [4.78, 5) is 62.9. The number of Topliss-reactive ketones (excluding diaryl/α,β-unsaturated/α-hetero) is 2. The number of hydrogen-bond acceptors (Lipinski definition) is 8. The first-order chi connectivity index (χ1) is 14.8. The third-order valence-electron chi connectivity index (χ3n) is 6.44. The Kier molecular flexibility index (Phi) is 8.03. The second-order valence-corrected chi connectivity index (χ2v) is 9.22. The number of carbonyl (C=O) groups is 5. The van der Waals surface area contributed by atoms with E-state index in [0.29, 0.717) is 12.8 Å². The number of hydrogen-bond donors (Lipinski definition) is 1. The zero-order valence-corrected chi connectivity index (χ0v) is 19.8. The summed E-state index contributed by atoms with van der Waals surface area (Å²) in [6.07, 6.45) is -0.493. The summed E-state index contributed by atoms with van der Waals surface area (Å²) in [6.45, 7) is 9.04. The van der Waals surface area contributed by atoms with E-state index in [1.54, 1.807) is 20.8 Å². The summed E-state index contributed by atoms with van der Waals surface area (Å²) in [5.41, 5.74) is 1.00. The van der Waals surface area contributed by atoms with E-state index in [1.165, 1.54) is 27.9 Å². The van der Waals surface area contributed by atoms with Crippen LogP contribution in [-0.2, 0) is 33.4 Å². The molecule has 0 aromatic heterocycles. The summed E-state index contributed by atoms with van der Waals surface area (Å²) >= 11 is 0. The Morgan fingerprint density at radius 1 is 1.06 bits per heavy atom. The fourth-order valence-electron chi connectivity index (χ4n) is 4.64. The van der Waals surface area contributed by atoms with Gasteiger partial charge in [0.2, 0.25) is 5.91 Å². The number of hydrazine groups is 1. The number of fused-ring (bicyclic) bond motifs is 1. The maximum Gasteiger partial charge on any atom is 0.429 e. The van der Waals surface area contributed by atoms with Gasteiger partial charge in [0.05, 0.1) is 6.10 Å². The van der Waals surface area contributed by atoms with Crippen LogP contribution in [0.5, 0.6) is 0 Å². The highest BCUT2D eigenvalue weighted by Crippen LogP contribution is 2.36. The largest absolute Gasteiger partial charge is 0.461 e. The lowest BCUT2D eigenvalue weighted by Crippen LogP contribution is -2.57. The number of ether oxygens (including phenoxy) is 3. The molecule has 7 atom stereocenters. The standard InChI is InChI=1S/C22H34N2O8/c1-11-8-16(30-7)9-12(2)18(27)14(4)20(28)31-10-22(6)19(13(3)17(11)26)24(21(29)32-22)23-15(5)25/h11-14,16,19H,8-10H2,1-7H3,(H,23,25)/t11-,12-,13-,14?,16+,19+,22+/m0/s1. The van der Waals surface area contributed by atoms with E-state index in [0.717, 1.165) is 5.01 Å². The minimum Gasteiger partial charge on any atom is -0.461 e. The highest BCUT2D eigenvalue weighted by atomic mass is 16.6. The summed E-state index contributed by atoms with van der Waals surface area (Å²) in [7, 11) is 1.52. The monoisotopic (exact) mass is 454 g/mol. The maximum absolute atomic E-state index is 13.3. The number of rotatable bonds is 2. The van der Waals surface area contributed by atoms with E-state index in [1.807, 2.05) is 0 Å². The molecule has 0 aliphatic carbocycles. The fraction of sp³-hybridized carbons (Fsp3) is 0.773. The van der Waals surface area contributed by atoms with Crippen LogP contribution >= 0.6 is 0 Å². The highest BCUT2D eigenvalue weighted by molar-refractivity contribution is 5.99. The molecule has 0 bridgehead atoms. The molecule has 2 amide bonds. The van der Waals surface area contributed by atoms with Gasteiger partial charge in [-0.15, -0.1) is 0 Å². The van der Waals surface area contributed by atoms with Crippen LogP contribution in [0.2, 0.25) is 0 Å². The van der Waals surface area contributed by atoms with Crippen molar-refractivity contribution in [3.05, 3.63) is 0 Å². The van der Waals surface area contributed by atoms with E-state index in [2.05, 4.69) is 5.43 Å². The van der Waals surface area contributed by atoms with Crippen LogP contribution in [-0.4, -0.2) is 66.0 Å². The normalized spacial score (nSPS) is 37.3. The molecule has 2 rings (SSSR count). The number of ketones is 2. The van der Waals surface area contributed by atoms with Gasteiger partial charge < -0.3 is 14.2 Å². The summed E-state index contributed by atoms with van der Waals surface area (Å²) in [5, 5.41) is 0.988. The molecule has 2 fully saturated rings. The molecule has 2 aliphatic rings. The van der Waals surface area contributed by atoms with Crippen molar-refractivity contribution in [3.63, 3.8) is 0 Å². The molecule has 32 heavy (non-hydrogen) atoms. The van der Waals surface area contributed by atoms with Crippen LogP contribution in [0.3, 0.4) is 0 Å². The average Bonchev–Trinajstić information content (AvgIpc) is 2.97. The molecule has 0 radical (unpaired) electrons. The van der Waals surface area contributed by atoms with Gasteiger partial charge in [-0.3, -0.25) is 24.6 Å². The quantitative estimate of drug-likeness (QED) is 0.493. The molecule has 2 aliphatic heterocycles. The lowest BCUT2D eigenvalue weighted by molar-refractivity contribution is -0.159. The van der Waals surface area contributed by atoms with E-state index in [4.69, 9.17) is 14.2 Å². The van der Waals surface area contributed by atoms with Crippen molar-refractivity contribution in [2.45, 2.75) is 72.1 Å². The van der Waals surface area contributed by atoms with Crippen molar-refractivity contribution in [2.75, 3.05) is 13.7 Å². The van der Waals surface area contributed by atoms with Crippen LogP contribution in [0.15, 0.2) is 0 Å². The molecular weight excluding hydrogens is 420 g/mol. The van der Waals surface area contributed by atoms with Crippen LogP contribution in [0, 0.1) is 23.7 Å². The third kappa shape index (κ3) is 5.28. The molecule has 1 unspecified atom stereocenters. The molecule has 0 aromatic carbocycles. The van der Waals surface area contributed by atoms with Crippen molar-refractivity contribution in [1.82, 2.24) is 10.4 Å². The number of esters is 1. The molecule has 0 saturated carbocycles. The van der Waals surface area contributed by atoms with Gasteiger partial charge in [0.1, 0.15) is 30.1 Å². The molecule has 2 saturated heterocycles. The van der Waals surface area contributed by atoms with Gasteiger partial charge in [-0.2, -0.15) is 0 Å². The molecular formula is C22H34N2O8. The van der Waals surface area contributed by atoms with Crippen molar-refractivity contribution in [2.24, 2.45) is 23.7 Å². The van der Waals surface area contributed by atoms with Gasteiger partial charge in [0.25, 0.3) is 0 Å². The van der Waals surface area contributed by atoms with E-state index in [9.17, 15) is 24.0 Å². The summed E-state index contributed by atoms with van der Waals surface area (Å²) < 4.78 is 16.4. The topological polar surface area (TPSA) is 128 Å².